The minimum Gasteiger partial charge on any atom is -0.324 e. The van der Waals surface area contributed by atoms with Crippen molar-refractivity contribution in [1.29, 1.82) is 0 Å². The molecule has 0 spiro atoms. The Bertz CT molecular complexity index is 2430. The third-order valence-electron chi connectivity index (χ3n) is 7.96. The van der Waals surface area contributed by atoms with Crippen LogP contribution in [-0.2, 0) is 22.4 Å². The maximum atomic E-state index is 10.4. The Morgan fingerprint density at radius 3 is 0.959 bits per heavy atom. The zero-order valence-corrected chi connectivity index (χ0v) is 31.6. The van der Waals surface area contributed by atoms with Gasteiger partial charge in [0.05, 0.1) is 0 Å². The van der Waals surface area contributed by atoms with Crippen molar-refractivity contribution in [2.24, 2.45) is 0 Å². The molecule has 9 rings (SSSR count). The van der Waals surface area contributed by atoms with Crippen LogP contribution in [0.25, 0.3) is 89.7 Å². The number of benzene rings is 4. The first-order valence-corrected chi connectivity index (χ1v) is 32.0. The van der Waals surface area contributed by atoms with Crippen LogP contribution in [-0.4, -0.2) is 48.3 Å². The molecule has 0 saturated heterocycles. The molecule has 2 aliphatic heterocycles. The van der Waals surface area contributed by atoms with Crippen LogP contribution in [0.4, 0.5) is 0 Å². The molecule has 49 heavy (non-hydrogen) atoms. The van der Waals surface area contributed by atoms with Crippen LogP contribution in [0.3, 0.4) is 0 Å². The Kier molecular flexibility index (Phi) is 8.11. The van der Waals surface area contributed by atoms with Gasteiger partial charge in [-0.3, -0.25) is 0 Å². The maximum Gasteiger partial charge on any atom is 0.164 e. The molecule has 11 nitrogen and oxygen atoms in total. The number of H-pyrrole nitrogens is 2. The quantitative estimate of drug-likeness (QED) is 0.163. The van der Waals surface area contributed by atoms with Crippen LogP contribution in [0.15, 0.2) is 97.1 Å². The van der Waals surface area contributed by atoms with Crippen molar-refractivity contribution >= 4 is 93.2 Å². The molecule has 0 radical (unpaired) electrons. The summed E-state index contributed by atoms with van der Waals surface area (Å²) in [7, 11) is 6.56. The Hall–Kier alpha value is -4.07. The second-order valence-corrected chi connectivity index (χ2v) is 46.0. The van der Waals surface area contributed by atoms with Crippen LogP contribution in [0.5, 0.6) is 0 Å². The number of nitrogens with zero attached hydrogens (tertiary/aromatic N) is 6. The molecule has 0 amide bonds. The van der Waals surface area contributed by atoms with E-state index in [4.69, 9.17) is 59.0 Å². The largest absolute Gasteiger partial charge is 0.324 e. The van der Waals surface area contributed by atoms with Crippen molar-refractivity contribution in [3.05, 3.63) is 97.1 Å². The van der Waals surface area contributed by atoms with E-state index in [0.29, 0.717) is 45.9 Å². The smallest absolute Gasteiger partial charge is 0.164 e. The van der Waals surface area contributed by atoms with Gasteiger partial charge in [-0.25, -0.2) is 29.9 Å². The van der Waals surface area contributed by atoms with E-state index in [1.54, 1.807) is 0 Å². The molecular weight excluding hydrogens is 784 g/mol. The Labute approximate surface area is 296 Å². The van der Waals surface area contributed by atoms with Gasteiger partial charge in [0.25, 0.3) is 0 Å². The molecule has 17 heteroatoms. The van der Waals surface area contributed by atoms with Gasteiger partial charge < -0.3 is 9.97 Å². The summed E-state index contributed by atoms with van der Waals surface area (Å²) in [5.41, 5.74) is 6.45. The van der Waals surface area contributed by atoms with Crippen molar-refractivity contribution in [3.63, 3.8) is 0 Å². The van der Waals surface area contributed by atoms with Crippen molar-refractivity contribution in [2.45, 2.75) is 0 Å². The molecule has 5 heterocycles. The summed E-state index contributed by atoms with van der Waals surface area (Å²) in [4.78, 5) is 36.8. The monoisotopic (exact) mass is 798 g/mol. The number of fused-ring (bicyclic) bond motifs is 20. The van der Waals surface area contributed by atoms with Gasteiger partial charge in [0.15, 0.2) is 23.3 Å². The van der Waals surface area contributed by atoms with Crippen LogP contribution >= 0.6 is 40.9 Å². The van der Waals surface area contributed by atoms with Crippen molar-refractivity contribution < 1.29 is 22.7 Å². The van der Waals surface area contributed by atoms with E-state index in [1.807, 2.05) is 97.1 Å². The molecule has 7 aromatic rings. The van der Waals surface area contributed by atoms with Gasteiger partial charge in [0, 0.05) is 43.8 Å². The molecule has 0 fully saturated rings. The van der Waals surface area contributed by atoms with Crippen molar-refractivity contribution in [1.82, 2.24) is 39.9 Å². The summed E-state index contributed by atoms with van der Waals surface area (Å²) < 4.78 is 24.2. The first-order chi connectivity index (χ1) is 23.6. The van der Waals surface area contributed by atoms with E-state index in [9.17, 15) is 8.42 Å². The predicted octanol–water partition coefficient (Wildman–Crippen LogP) is 8.89. The van der Waals surface area contributed by atoms with Gasteiger partial charge in [-0.15, -0.1) is 0 Å². The number of rotatable bonds is 2. The fourth-order valence-electron chi connectivity index (χ4n) is 5.64. The summed E-state index contributed by atoms with van der Waals surface area (Å²) in [6.45, 7) is 0. The summed E-state index contributed by atoms with van der Waals surface area (Å²) in [6.07, 6.45) is 0. The molecule has 0 atom stereocenters. The minimum atomic E-state index is -4.62. The fourth-order valence-corrected chi connectivity index (χ4v) is 12.7. The number of halogens is 4. The van der Waals surface area contributed by atoms with Gasteiger partial charge in [0.2, 0.25) is 0 Å². The van der Waals surface area contributed by atoms with Crippen LogP contribution < -0.4 is 0 Å². The van der Waals surface area contributed by atoms with Gasteiger partial charge in [-0.1, -0.05) is 97.1 Å². The van der Waals surface area contributed by atoms with E-state index in [-0.39, 0.29) is 0 Å². The minimum absolute atomic E-state index is 0.597. The Morgan fingerprint density at radius 2 is 0.735 bits per heavy atom. The van der Waals surface area contributed by atoms with Gasteiger partial charge in [-0.05, 0) is 0 Å². The topological polar surface area (TPSA) is 152 Å². The molecular formula is C32H18Cl4N8O3SZn. The molecule has 2 aliphatic rings. The van der Waals surface area contributed by atoms with E-state index < -0.39 is 18.7 Å². The number of hydrogen-bond acceptors (Lipinski definition) is 9. The molecule has 0 saturated carbocycles. The maximum absolute atomic E-state index is 10.4. The van der Waals surface area contributed by atoms with E-state index in [2.05, 4.69) is 25.6 Å². The molecule has 0 unspecified atom stereocenters. The summed E-state index contributed by atoms with van der Waals surface area (Å²) in [6, 6.07) is 32.2. The third-order valence-corrected chi connectivity index (χ3v) is 28.8. The Balaban J connectivity index is 0.000000344. The normalized spacial score (nSPS) is 12.0. The van der Waals surface area contributed by atoms with Crippen LogP contribution in [0.2, 0.25) is 0 Å². The zero-order chi connectivity index (χ0) is 33.9. The second-order valence-electron chi connectivity index (χ2n) is 11.0. The standard InChI is InChI=1S/C32H18N8.ClO3S.3ClH.Zn/c1-2-10-18-17(9-1)25-33-26(18)38-28-21-13-5-6-14-22(21)30(35-28)40-32-24-16-8-7-15-23(24)31(36-32)39-29-20-12-4-3-11-19(20)27(34-29)37-25;1-4-5(2)3;;;;/h1-16H,(H2,33,34,35,36,37,38,39,40);;3*1H;/q;;;;;+3/p-3. The zero-order valence-electron chi connectivity index (χ0n) is 24.8. The number of aromatic nitrogens is 8. The Morgan fingerprint density at radius 1 is 0.469 bits per heavy atom. The van der Waals surface area contributed by atoms with Crippen LogP contribution in [0.1, 0.15) is 0 Å². The van der Waals surface area contributed by atoms with Crippen molar-refractivity contribution in [3.8, 4) is 45.6 Å². The number of hydrogen-bond donors (Lipinski definition) is 2. The summed E-state index contributed by atoms with van der Waals surface area (Å²) in [5.74, 6) is 2.39. The average Bonchev–Trinajstić information content (AvgIpc) is 3.84. The van der Waals surface area contributed by atoms with E-state index in [1.165, 1.54) is 0 Å². The van der Waals surface area contributed by atoms with E-state index >= 15 is 0 Å². The number of aromatic amines is 2. The average molecular weight is 802 g/mol. The van der Waals surface area contributed by atoms with Crippen molar-refractivity contribution in [2.75, 3.05) is 0 Å². The molecule has 0 aliphatic carbocycles. The molecule has 240 valence electrons. The first-order valence-electron chi connectivity index (χ1n) is 14.7. The third kappa shape index (κ3) is 5.75. The van der Waals surface area contributed by atoms with Gasteiger partial charge >= 0.3 is 71.8 Å². The fraction of sp³-hybridized carbons (Fsp3) is 0. The first kappa shape index (κ1) is 32.2. The van der Waals surface area contributed by atoms with Crippen LogP contribution in [0, 0.1) is 0 Å². The molecule has 8 bridgehead atoms. The molecule has 2 N–H and O–H groups in total. The summed E-state index contributed by atoms with van der Waals surface area (Å²) >= 11 is 4.49. The molecule has 4 aromatic carbocycles. The van der Waals surface area contributed by atoms with E-state index in [0.717, 1.165) is 43.8 Å². The SMILES string of the molecule is O=[S](=O)(OCl)[Zn]([Cl])([Cl])[Cl].c1ccc2c(c1)-c1nc-2nc2[nH]c(nc3nc(nc4[nH]c(n1)c1ccccc41)-c1ccccc1-3)c1ccccc21. The number of nitrogens with one attached hydrogen (secondary N) is 2. The van der Waals surface area contributed by atoms with Gasteiger partial charge in [-0.2, -0.15) is 0 Å². The predicted molar refractivity (Wildman–Crippen MR) is 189 cm³/mol. The van der Waals surface area contributed by atoms with Gasteiger partial charge in [0.1, 0.15) is 22.6 Å². The molecule has 3 aromatic heterocycles. The second kappa shape index (κ2) is 12.4. The summed E-state index contributed by atoms with van der Waals surface area (Å²) in [5, 5.41) is 3.82.